The van der Waals surface area contributed by atoms with E-state index in [0.29, 0.717) is 5.92 Å². The smallest absolute Gasteiger partial charge is 0.413 e. The van der Waals surface area contributed by atoms with Crippen molar-refractivity contribution in [2.24, 2.45) is 16.7 Å². The summed E-state index contributed by atoms with van der Waals surface area (Å²) < 4.78 is 36.2. The third kappa shape index (κ3) is 5.69. The minimum Gasteiger partial charge on any atom is -0.445 e. The van der Waals surface area contributed by atoms with Crippen molar-refractivity contribution in [3.05, 3.63) is 11.6 Å². The van der Waals surface area contributed by atoms with Crippen LogP contribution in [0.15, 0.2) is 6.33 Å². The molecule has 3 aliphatic rings. The molecule has 228 valence electrons. The van der Waals surface area contributed by atoms with Crippen LogP contribution in [-0.4, -0.2) is 87.0 Å². The van der Waals surface area contributed by atoms with Crippen LogP contribution in [0.25, 0.3) is 11.2 Å². The second-order valence-corrected chi connectivity index (χ2v) is 16.9. The van der Waals surface area contributed by atoms with Crippen molar-refractivity contribution < 1.29 is 48.3 Å². The van der Waals surface area contributed by atoms with Crippen LogP contribution in [0.4, 0.5) is 10.6 Å². The maximum absolute atomic E-state index is 12.9. The second kappa shape index (κ2) is 10.5. The fourth-order valence-corrected chi connectivity index (χ4v) is 10.3. The molecule has 2 aromatic rings. The minimum atomic E-state index is -4.74. The van der Waals surface area contributed by atoms with E-state index in [0.717, 1.165) is 19.3 Å². The lowest BCUT2D eigenvalue weighted by molar-refractivity contribution is -0.0354. The Kier molecular flexibility index (Phi) is 7.88. The van der Waals surface area contributed by atoms with E-state index in [4.69, 9.17) is 30.9 Å². The molecule has 2 aromatic heterocycles. The summed E-state index contributed by atoms with van der Waals surface area (Å²) in [6.45, 7) is 6.56. The van der Waals surface area contributed by atoms with Gasteiger partial charge in [0.1, 0.15) is 24.2 Å². The van der Waals surface area contributed by atoms with Crippen LogP contribution in [0.3, 0.4) is 0 Å². The van der Waals surface area contributed by atoms with Crippen LogP contribution in [0.5, 0.6) is 0 Å². The van der Waals surface area contributed by atoms with Gasteiger partial charge in [-0.25, -0.2) is 9.78 Å². The molecule has 1 amide bonds. The van der Waals surface area contributed by atoms with Crippen molar-refractivity contribution in [2.45, 2.75) is 77.1 Å². The lowest BCUT2D eigenvalue weighted by Crippen LogP contribution is -2.39. The van der Waals surface area contributed by atoms with Crippen molar-refractivity contribution in [2.75, 3.05) is 17.4 Å². The van der Waals surface area contributed by atoms with E-state index in [1.54, 1.807) is 0 Å². The molecule has 2 aliphatic carbocycles. The molecule has 1 saturated heterocycles. The Morgan fingerprint density at radius 2 is 1.93 bits per heavy atom. The zero-order chi connectivity index (χ0) is 30.1. The molecule has 15 nitrogen and oxygen atoms in total. The van der Waals surface area contributed by atoms with Crippen LogP contribution in [0, 0.1) is 16.7 Å². The number of nitrogens with one attached hydrogen (secondary N) is 1. The number of hydrogen-bond donors (Lipinski definition) is 6. The van der Waals surface area contributed by atoms with Crippen LogP contribution in [-0.2, 0) is 18.6 Å². The third-order valence-corrected chi connectivity index (χ3v) is 13.7. The van der Waals surface area contributed by atoms with Gasteiger partial charge in [0.15, 0.2) is 23.2 Å². The zero-order valence-electron chi connectivity index (χ0n) is 22.6. The highest BCUT2D eigenvalue weighted by Crippen LogP contribution is 2.66. The van der Waals surface area contributed by atoms with Gasteiger partial charge < -0.3 is 34.4 Å². The number of carbonyl (C=O) groups excluding carboxylic acids is 1. The molecule has 6 N–H and O–H groups in total. The standard InChI is InChI=1S/C23H34ClN5O10P2/c1-22(2)11-4-6-23(22,3)13(8-11)39-21(32)27-17-14-18(28-20(24)26-17)29(9-25-14)19-16(31)15(30)12(38-19)5-7-40(33,34)10-41(35,36)37/h9,11-13,15-16,19,30-31H,4-8,10H2,1-3H3,(H,33,34)(H2,35,36,37)(H,26,27,28,32)/t11-,12-,13?,15+,16?,19-,23+/m1/s1. The first-order valence-electron chi connectivity index (χ1n) is 13.2. The Morgan fingerprint density at radius 3 is 2.54 bits per heavy atom. The van der Waals surface area contributed by atoms with Gasteiger partial charge in [0.05, 0.1) is 12.4 Å². The molecule has 5 rings (SSSR count). The lowest BCUT2D eigenvalue weighted by Gasteiger charge is -2.38. The summed E-state index contributed by atoms with van der Waals surface area (Å²) in [5.41, 5.74) is 0.0727. The Bertz CT molecular complexity index is 1450. The van der Waals surface area contributed by atoms with Crippen LogP contribution < -0.4 is 5.32 Å². The van der Waals surface area contributed by atoms with E-state index >= 15 is 0 Å². The lowest BCUT2D eigenvalue weighted by atomic mass is 9.70. The zero-order valence-corrected chi connectivity index (χ0v) is 25.2. The van der Waals surface area contributed by atoms with Crippen molar-refractivity contribution >= 4 is 49.6 Å². The normalized spacial score (nSPS) is 34.2. The predicted molar refractivity (Wildman–Crippen MR) is 146 cm³/mol. The molecule has 3 heterocycles. The molecular weight excluding hydrogens is 604 g/mol. The molecule has 1 aliphatic heterocycles. The van der Waals surface area contributed by atoms with Crippen molar-refractivity contribution in [3.63, 3.8) is 0 Å². The van der Waals surface area contributed by atoms with Gasteiger partial charge in [-0.05, 0) is 48.6 Å². The van der Waals surface area contributed by atoms with Crippen molar-refractivity contribution in [1.29, 1.82) is 0 Å². The number of halogens is 1. The van der Waals surface area contributed by atoms with E-state index in [-0.39, 0.29) is 45.6 Å². The molecule has 2 bridgehead atoms. The number of aliphatic hydroxyl groups excluding tert-OH is 2. The van der Waals surface area contributed by atoms with Crippen molar-refractivity contribution in [1.82, 2.24) is 19.5 Å². The number of rotatable bonds is 8. The molecule has 3 unspecified atom stereocenters. The second-order valence-electron chi connectivity index (χ2n) is 12.0. The summed E-state index contributed by atoms with van der Waals surface area (Å²) in [5.74, 6) is -0.763. The van der Waals surface area contributed by atoms with E-state index in [1.165, 1.54) is 10.9 Å². The molecule has 0 aromatic carbocycles. The molecule has 0 radical (unpaired) electrons. The number of ether oxygens (including phenoxy) is 2. The predicted octanol–water partition coefficient (Wildman–Crippen LogP) is 2.66. The highest BCUT2D eigenvalue weighted by Gasteiger charge is 2.63. The van der Waals surface area contributed by atoms with Gasteiger partial charge >= 0.3 is 13.7 Å². The van der Waals surface area contributed by atoms with Crippen LogP contribution >= 0.6 is 26.6 Å². The summed E-state index contributed by atoms with van der Waals surface area (Å²) >= 11 is 6.14. The number of carbonyl (C=O) groups is 1. The molecule has 0 spiro atoms. The fourth-order valence-electron chi connectivity index (χ4n) is 6.61. The van der Waals surface area contributed by atoms with Gasteiger partial charge in [0.2, 0.25) is 12.7 Å². The Labute approximate surface area is 240 Å². The van der Waals surface area contributed by atoms with E-state index < -0.39 is 57.7 Å². The number of nitrogens with zero attached hydrogens (tertiary/aromatic N) is 4. The fraction of sp³-hybridized carbons (Fsp3) is 0.739. The Hall–Kier alpha value is -1.67. The SMILES string of the molecule is CC1(C)[C@@H]2CC[C@@]1(C)C(OC(=O)Nc1nc(Cl)nc3c1ncn3[C@@H]1O[C@H](CCP(=O)(O)CP(=O)(O)O)[C@H](O)C1O)C2. The summed E-state index contributed by atoms with van der Waals surface area (Å²) in [5, 5.41) is 23.6. The first-order valence-corrected chi connectivity index (χ1v) is 17.4. The summed E-state index contributed by atoms with van der Waals surface area (Å²) in [6.07, 6.45) is -3.11. The largest absolute Gasteiger partial charge is 0.445 e. The van der Waals surface area contributed by atoms with Crippen molar-refractivity contribution in [3.8, 4) is 0 Å². The van der Waals surface area contributed by atoms with Gasteiger partial charge in [-0.2, -0.15) is 9.97 Å². The maximum Gasteiger partial charge on any atom is 0.413 e. The summed E-state index contributed by atoms with van der Waals surface area (Å²) in [6, 6.07) is 0. The maximum atomic E-state index is 12.9. The average Bonchev–Trinajstić information content (AvgIpc) is 3.49. The molecule has 2 saturated carbocycles. The van der Waals surface area contributed by atoms with Gasteiger partial charge in [-0.1, -0.05) is 20.8 Å². The van der Waals surface area contributed by atoms with Gasteiger partial charge in [-0.3, -0.25) is 19.0 Å². The topological polar surface area (TPSA) is 226 Å². The average molecular weight is 638 g/mol. The molecule has 8 atom stereocenters. The molecule has 41 heavy (non-hydrogen) atoms. The first kappa shape index (κ1) is 30.8. The number of imidazole rings is 1. The quantitative estimate of drug-likeness (QED) is 0.181. The molecule has 18 heteroatoms. The van der Waals surface area contributed by atoms with Gasteiger partial charge in [-0.15, -0.1) is 0 Å². The van der Waals surface area contributed by atoms with E-state index in [2.05, 4.69) is 41.0 Å². The third-order valence-electron chi connectivity index (χ3n) is 9.36. The first-order chi connectivity index (χ1) is 18.9. The molecular formula is C23H34ClN5O10P2. The number of anilines is 1. The van der Waals surface area contributed by atoms with Crippen LogP contribution in [0.2, 0.25) is 5.28 Å². The number of amides is 1. The minimum absolute atomic E-state index is 0.0282. The monoisotopic (exact) mass is 637 g/mol. The van der Waals surface area contributed by atoms with E-state index in [9.17, 15) is 29.0 Å². The highest BCUT2D eigenvalue weighted by molar-refractivity contribution is 7.72. The highest BCUT2D eigenvalue weighted by atomic mass is 35.5. The summed E-state index contributed by atoms with van der Waals surface area (Å²) in [4.78, 5) is 53.4. The number of aliphatic hydroxyl groups is 2. The number of aromatic nitrogens is 4. The summed E-state index contributed by atoms with van der Waals surface area (Å²) in [7, 11) is -8.97. The van der Waals surface area contributed by atoms with E-state index in [1.807, 2.05) is 0 Å². The van der Waals surface area contributed by atoms with Gasteiger partial charge in [0, 0.05) is 11.6 Å². The number of fused-ring (bicyclic) bond motifs is 3. The Morgan fingerprint density at radius 1 is 1.22 bits per heavy atom. The molecule has 3 fully saturated rings. The van der Waals surface area contributed by atoms with Crippen LogP contribution in [0.1, 0.15) is 52.7 Å². The van der Waals surface area contributed by atoms with Gasteiger partial charge in [0.25, 0.3) is 0 Å². The Balaban J connectivity index is 1.31. The number of hydrogen-bond acceptors (Lipinski definition) is 10.